The standard InChI is InChI=1S/C19H24N4O3/c1-13-21-15(10-18(20-2)22-13)16-7-5-9-23(16)11-14-6-3-4-8-17(14)26-12-19(24)25/h3-4,6,8,10,16H,5,7,9,11-12H2,1-2H3,(H,24,25)(H,20,21,22)/t16-/m1/s1. The molecule has 7 heteroatoms. The zero-order valence-corrected chi connectivity index (χ0v) is 15.1. The van der Waals surface area contributed by atoms with E-state index in [2.05, 4.69) is 20.2 Å². The summed E-state index contributed by atoms with van der Waals surface area (Å²) < 4.78 is 5.44. The smallest absolute Gasteiger partial charge is 0.341 e. The molecule has 138 valence electrons. The van der Waals surface area contributed by atoms with Crippen molar-refractivity contribution in [3.05, 3.63) is 47.4 Å². The number of carbonyl (C=O) groups is 1. The van der Waals surface area contributed by atoms with E-state index >= 15 is 0 Å². The molecule has 1 aliphatic heterocycles. The lowest BCUT2D eigenvalue weighted by atomic mass is 10.1. The molecule has 0 aliphatic carbocycles. The predicted molar refractivity (Wildman–Crippen MR) is 98.3 cm³/mol. The summed E-state index contributed by atoms with van der Waals surface area (Å²) in [5.74, 6) is 1.22. The third kappa shape index (κ3) is 4.29. The average Bonchev–Trinajstić information content (AvgIpc) is 3.08. The molecule has 0 spiro atoms. The molecule has 1 aliphatic rings. The monoisotopic (exact) mass is 356 g/mol. The fourth-order valence-electron chi connectivity index (χ4n) is 3.37. The van der Waals surface area contributed by atoms with Crippen LogP contribution in [0.2, 0.25) is 0 Å². The maximum Gasteiger partial charge on any atom is 0.341 e. The Kier molecular flexibility index (Phi) is 5.68. The third-order valence-corrected chi connectivity index (χ3v) is 4.52. The van der Waals surface area contributed by atoms with Gasteiger partial charge in [0, 0.05) is 25.2 Å². The lowest BCUT2D eigenvalue weighted by Crippen LogP contribution is -2.24. The van der Waals surface area contributed by atoms with Gasteiger partial charge in [0.25, 0.3) is 0 Å². The van der Waals surface area contributed by atoms with Gasteiger partial charge in [0.05, 0.1) is 11.7 Å². The molecule has 0 radical (unpaired) electrons. The third-order valence-electron chi connectivity index (χ3n) is 4.52. The number of rotatable bonds is 7. The van der Waals surface area contributed by atoms with Crippen LogP contribution >= 0.6 is 0 Å². The Bertz CT molecular complexity index is 781. The van der Waals surface area contributed by atoms with Crippen molar-refractivity contribution < 1.29 is 14.6 Å². The molecule has 1 fully saturated rings. The van der Waals surface area contributed by atoms with Crippen LogP contribution < -0.4 is 10.1 Å². The molecule has 7 nitrogen and oxygen atoms in total. The first-order chi connectivity index (χ1) is 12.6. The number of ether oxygens (including phenoxy) is 1. The van der Waals surface area contributed by atoms with Crippen molar-refractivity contribution >= 4 is 11.8 Å². The number of anilines is 1. The van der Waals surface area contributed by atoms with Crippen LogP contribution in [0.3, 0.4) is 0 Å². The molecule has 1 atom stereocenters. The van der Waals surface area contributed by atoms with Gasteiger partial charge in [-0.05, 0) is 32.4 Å². The maximum absolute atomic E-state index is 10.8. The Morgan fingerprint density at radius 1 is 1.38 bits per heavy atom. The van der Waals surface area contributed by atoms with Gasteiger partial charge < -0.3 is 15.2 Å². The van der Waals surface area contributed by atoms with Gasteiger partial charge in [-0.2, -0.15) is 0 Å². The highest BCUT2D eigenvalue weighted by molar-refractivity contribution is 5.68. The van der Waals surface area contributed by atoms with Gasteiger partial charge >= 0.3 is 5.97 Å². The molecular weight excluding hydrogens is 332 g/mol. The van der Waals surface area contributed by atoms with E-state index in [0.29, 0.717) is 12.3 Å². The van der Waals surface area contributed by atoms with E-state index in [0.717, 1.165) is 42.3 Å². The molecular formula is C19H24N4O3. The van der Waals surface area contributed by atoms with Crippen molar-refractivity contribution in [1.82, 2.24) is 14.9 Å². The SMILES string of the molecule is CNc1cc([C@H]2CCCN2Cc2ccccc2OCC(=O)O)nc(C)n1. The highest BCUT2D eigenvalue weighted by Gasteiger charge is 2.28. The first-order valence-corrected chi connectivity index (χ1v) is 8.76. The topological polar surface area (TPSA) is 87.6 Å². The van der Waals surface area contributed by atoms with Crippen molar-refractivity contribution in [2.24, 2.45) is 0 Å². The Hall–Kier alpha value is -2.67. The summed E-state index contributed by atoms with van der Waals surface area (Å²) in [5, 5.41) is 11.9. The minimum atomic E-state index is -0.977. The van der Waals surface area contributed by atoms with Gasteiger partial charge in [-0.1, -0.05) is 18.2 Å². The van der Waals surface area contributed by atoms with Crippen LogP contribution in [-0.4, -0.2) is 46.1 Å². The van der Waals surface area contributed by atoms with Crippen LogP contribution in [0.1, 0.15) is 36.0 Å². The van der Waals surface area contributed by atoms with Crippen LogP contribution in [0.15, 0.2) is 30.3 Å². The van der Waals surface area contributed by atoms with Gasteiger partial charge in [-0.3, -0.25) is 4.90 Å². The summed E-state index contributed by atoms with van der Waals surface area (Å²) in [6.07, 6.45) is 2.14. The van der Waals surface area contributed by atoms with Crippen molar-refractivity contribution in [2.45, 2.75) is 32.4 Å². The number of likely N-dealkylation sites (tertiary alicyclic amines) is 1. The minimum absolute atomic E-state index is 0.219. The van der Waals surface area contributed by atoms with E-state index in [9.17, 15) is 4.79 Å². The second-order valence-corrected chi connectivity index (χ2v) is 6.39. The lowest BCUT2D eigenvalue weighted by molar-refractivity contribution is -0.139. The molecule has 2 aromatic rings. The quantitative estimate of drug-likeness (QED) is 0.788. The summed E-state index contributed by atoms with van der Waals surface area (Å²) in [4.78, 5) is 22.2. The molecule has 0 amide bonds. The molecule has 0 unspecified atom stereocenters. The van der Waals surface area contributed by atoms with Gasteiger partial charge in [0.15, 0.2) is 6.61 Å². The predicted octanol–water partition coefficient (Wildman–Crippen LogP) is 2.63. The van der Waals surface area contributed by atoms with E-state index in [1.165, 1.54) is 0 Å². The second-order valence-electron chi connectivity index (χ2n) is 6.39. The van der Waals surface area contributed by atoms with E-state index in [1.807, 2.05) is 44.3 Å². The number of nitrogens with one attached hydrogen (secondary N) is 1. The molecule has 1 aromatic heterocycles. The molecule has 2 heterocycles. The van der Waals surface area contributed by atoms with E-state index in [-0.39, 0.29) is 12.6 Å². The summed E-state index contributed by atoms with van der Waals surface area (Å²) in [6, 6.07) is 9.82. The van der Waals surface area contributed by atoms with Crippen LogP contribution in [-0.2, 0) is 11.3 Å². The van der Waals surface area contributed by atoms with Crippen LogP contribution in [0.4, 0.5) is 5.82 Å². The first-order valence-electron chi connectivity index (χ1n) is 8.76. The highest BCUT2D eigenvalue weighted by Crippen LogP contribution is 2.34. The number of hydrogen-bond donors (Lipinski definition) is 2. The van der Waals surface area contributed by atoms with Gasteiger partial charge in [-0.15, -0.1) is 0 Å². The van der Waals surface area contributed by atoms with E-state index < -0.39 is 5.97 Å². The molecule has 1 saturated heterocycles. The Balaban J connectivity index is 1.79. The fraction of sp³-hybridized carbons (Fsp3) is 0.421. The highest BCUT2D eigenvalue weighted by atomic mass is 16.5. The number of para-hydroxylation sites is 1. The van der Waals surface area contributed by atoms with Gasteiger partial charge in [-0.25, -0.2) is 14.8 Å². The zero-order valence-electron chi connectivity index (χ0n) is 15.1. The second kappa shape index (κ2) is 8.14. The van der Waals surface area contributed by atoms with Crippen LogP contribution in [0, 0.1) is 6.92 Å². The Morgan fingerprint density at radius 2 is 2.19 bits per heavy atom. The first kappa shape index (κ1) is 18.1. The molecule has 0 saturated carbocycles. The van der Waals surface area contributed by atoms with E-state index in [1.54, 1.807) is 0 Å². The van der Waals surface area contributed by atoms with Gasteiger partial charge in [0.1, 0.15) is 17.4 Å². The summed E-state index contributed by atoms with van der Waals surface area (Å²) in [5.41, 5.74) is 2.00. The van der Waals surface area contributed by atoms with Crippen molar-refractivity contribution in [2.75, 3.05) is 25.5 Å². The van der Waals surface area contributed by atoms with Crippen LogP contribution in [0.5, 0.6) is 5.75 Å². The number of hydrogen-bond acceptors (Lipinski definition) is 6. The summed E-state index contributed by atoms with van der Waals surface area (Å²) in [7, 11) is 1.86. The summed E-state index contributed by atoms with van der Waals surface area (Å²) >= 11 is 0. The van der Waals surface area contributed by atoms with Crippen LogP contribution in [0.25, 0.3) is 0 Å². The van der Waals surface area contributed by atoms with Crippen molar-refractivity contribution in [1.29, 1.82) is 0 Å². The van der Waals surface area contributed by atoms with Crippen molar-refractivity contribution in [3.63, 3.8) is 0 Å². The minimum Gasteiger partial charge on any atom is -0.482 e. The number of aliphatic carboxylic acids is 1. The Morgan fingerprint density at radius 3 is 2.96 bits per heavy atom. The number of aryl methyl sites for hydroxylation is 1. The molecule has 2 N–H and O–H groups in total. The number of carboxylic acid groups (broad SMARTS) is 1. The summed E-state index contributed by atoms with van der Waals surface area (Å²) in [6.45, 7) is 3.23. The Labute approximate surface area is 153 Å². The number of carboxylic acids is 1. The average molecular weight is 356 g/mol. The molecule has 3 rings (SSSR count). The zero-order chi connectivity index (χ0) is 18.5. The molecule has 26 heavy (non-hydrogen) atoms. The fourth-order valence-corrected chi connectivity index (χ4v) is 3.37. The number of nitrogens with zero attached hydrogens (tertiary/aromatic N) is 3. The molecule has 0 bridgehead atoms. The largest absolute Gasteiger partial charge is 0.482 e. The van der Waals surface area contributed by atoms with Crippen molar-refractivity contribution in [3.8, 4) is 5.75 Å². The number of benzene rings is 1. The van der Waals surface area contributed by atoms with E-state index in [4.69, 9.17) is 9.84 Å². The normalized spacial score (nSPS) is 17.2. The lowest BCUT2D eigenvalue weighted by Gasteiger charge is -2.25. The maximum atomic E-state index is 10.8. The number of aromatic nitrogens is 2. The van der Waals surface area contributed by atoms with Gasteiger partial charge in [0.2, 0.25) is 0 Å². The molecule has 1 aromatic carbocycles.